The maximum atomic E-state index is 13.6. The van der Waals surface area contributed by atoms with E-state index in [-0.39, 0.29) is 17.5 Å². The van der Waals surface area contributed by atoms with Crippen molar-refractivity contribution >= 4 is 16.8 Å². The average molecular weight is 470 g/mol. The van der Waals surface area contributed by atoms with Gasteiger partial charge in [-0.15, -0.1) is 0 Å². The molecule has 1 aromatic heterocycles. The molecule has 5 rings (SSSR count). The molecule has 6 heteroatoms. The molecule has 0 spiro atoms. The lowest BCUT2D eigenvalue weighted by Gasteiger charge is -2.26. The molecular weight excluding hydrogens is 438 g/mol. The lowest BCUT2D eigenvalue weighted by Crippen LogP contribution is -2.26. The Morgan fingerprint density at radius 3 is 2.49 bits per heavy atom. The lowest BCUT2D eigenvalue weighted by molar-refractivity contribution is 0.0954. The maximum Gasteiger partial charge on any atom is 0.279 e. The Morgan fingerprint density at radius 1 is 0.971 bits per heavy atom. The summed E-state index contributed by atoms with van der Waals surface area (Å²) in [6.07, 6.45) is 6.35. The Hall–Kier alpha value is -3.80. The summed E-state index contributed by atoms with van der Waals surface area (Å²) >= 11 is 0. The highest BCUT2D eigenvalue weighted by atomic mass is 16.5. The van der Waals surface area contributed by atoms with E-state index in [9.17, 15) is 9.59 Å². The third-order valence-corrected chi connectivity index (χ3v) is 6.94. The van der Waals surface area contributed by atoms with E-state index >= 15 is 0 Å². The number of rotatable bonds is 7. The molecule has 1 heterocycles. The lowest BCUT2D eigenvalue weighted by atomic mass is 9.95. The number of fused-ring (bicyclic) bond motifs is 1. The molecule has 0 bridgehead atoms. The molecule has 1 N–H and O–H groups in total. The summed E-state index contributed by atoms with van der Waals surface area (Å²) < 4.78 is 9.35. The molecule has 1 amide bonds. The minimum atomic E-state index is -0.183. The highest BCUT2D eigenvalue weighted by Gasteiger charge is 2.24. The van der Waals surface area contributed by atoms with Crippen molar-refractivity contribution in [3.05, 3.63) is 94.3 Å². The van der Waals surface area contributed by atoms with Crippen molar-refractivity contribution in [3.63, 3.8) is 0 Å². The number of nitrogens with zero attached hydrogens (tertiary/aromatic N) is 2. The van der Waals surface area contributed by atoms with E-state index in [4.69, 9.17) is 4.74 Å². The van der Waals surface area contributed by atoms with Gasteiger partial charge in [-0.25, -0.2) is 4.68 Å². The molecule has 3 aromatic carbocycles. The van der Waals surface area contributed by atoms with Crippen LogP contribution in [0.1, 0.15) is 54.1 Å². The number of hydrogen-bond acceptors (Lipinski definition) is 3. The van der Waals surface area contributed by atoms with Gasteiger partial charge >= 0.3 is 0 Å². The van der Waals surface area contributed by atoms with Crippen LogP contribution in [0.4, 0.5) is 0 Å². The summed E-state index contributed by atoms with van der Waals surface area (Å²) in [6.45, 7) is 0.481. The summed E-state index contributed by atoms with van der Waals surface area (Å²) in [7, 11) is 1.65. The molecule has 0 atom stereocenters. The number of nitrogens with one attached hydrogen (secondary N) is 1. The molecule has 1 aliphatic carbocycles. The molecule has 0 saturated heterocycles. The van der Waals surface area contributed by atoms with E-state index in [2.05, 4.69) is 10.00 Å². The molecule has 0 unspecified atom stereocenters. The van der Waals surface area contributed by atoms with E-state index in [1.807, 2.05) is 66.7 Å². The highest BCUT2D eigenvalue weighted by Crippen LogP contribution is 2.31. The van der Waals surface area contributed by atoms with Crippen LogP contribution >= 0.6 is 0 Å². The zero-order chi connectivity index (χ0) is 24.2. The topological polar surface area (TPSA) is 65.3 Å². The van der Waals surface area contributed by atoms with Gasteiger partial charge in [0.05, 0.1) is 29.7 Å². The number of hydrogen-bond donors (Lipinski definition) is 1. The highest BCUT2D eigenvalue weighted by molar-refractivity contribution is 5.98. The van der Waals surface area contributed by atoms with Gasteiger partial charge in [0, 0.05) is 12.1 Å². The number of aromatic nitrogens is 2. The predicted octanol–water partition coefficient (Wildman–Crippen LogP) is 5.28. The SMILES string of the molecule is COc1ccccc1CCNC(=O)c1ccc2c(c1)c(=O)n(-c1ccccc1)n2C1CCCCC1. The number of methoxy groups -OCH3 is 1. The van der Waals surface area contributed by atoms with Gasteiger partial charge in [0.25, 0.3) is 11.5 Å². The van der Waals surface area contributed by atoms with E-state index in [0.717, 1.165) is 35.4 Å². The van der Waals surface area contributed by atoms with Gasteiger partial charge in [0.1, 0.15) is 5.75 Å². The molecule has 180 valence electrons. The predicted molar refractivity (Wildman–Crippen MR) is 139 cm³/mol. The Labute approximate surface area is 205 Å². The van der Waals surface area contributed by atoms with Crippen molar-refractivity contribution in [3.8, 4) is 11.4 Å². The minimum Gasteiger partial charge on any atom is -0.496 e. The van der Waals surface area contributed by atoms with Crippen molar-refractivity contribution in [2.75, 3.05) is 13.7 Å². The summed E-state index contributed by atoms with van der Waals surface area (Å²) in [6, 6.07) is 23.4. The number of ether oxygens (including phenoxy) is 1. The van der Waals surface area contributed by atoms with E-state index < -0.39 is 0 Å². The summed E-state index contributed by atoms with van der Waals surface area (Å²) in [4.78, 5) is 26.6. The zero-order valence-corrected chi connectivity index (χ0v) is 20.1. The van der Waals surface area contributed by atoms with Crippen molar-refractivity contribution in [2.45, 2.75) is 44.6 Å². The summed E-state index contributed by atoms with van der Waals surface area (Å²) in [5.74, 6) is 0.631. The Morgan fingerprint density at radius 2 is 1.71 bits per heavy atom. The normalized spacial score (nSPS) is 14.2. The van der Waals surface area contributed by atoms with Crippen LogP contribution in [0, 0.1) is 0 Å². The number of para-hydroxylation sites is 2. The minimum absolute atomic E-state index is 0.0829. The van der Waals surface area contributed by atoms with E-state index in [1.54, 1.807) is 17.9 Å². The maximum absolute atomic E-state index is 13.6. The van der Waals surface area contributed by atoms with Gasteiger partial charge < -0.3 is 10.1 Å². The molecule has 0 radical (unpaired) electrons. The number of benzene rings is 3. The number of carbonyl (C=O) groups excluding carboxylic acids is 1. The third-order valence-electron chi connectivity index (χ3n) is 6.94. The fourth-order valence-corrected chi connectivity index (χ4v) is 5.19. The molecule has 1 aliphatic rings. The summed E-state index contributed by atoms with van der Waals surface area (Å²) in [5, 5.41) is 3.57. The first-order valence-corrected chi connectivity index (χ1v) is 12.4. The van der Waals surface area contributed by atoms with Crippen LogP contribution in [0.3, 0.4) is 0 Å². The second kappa shape index (κ2) is 10.2. The van der Waals surface area contributed by atoms with E-state index in [0.29, 0.717) is 23.9 Å². The zero-order valence-electron chi connectivity index (χ0n) is 20.1. The second-order valence-corrected chi connectivity index (χ2v) is 9.14. The first-order valence-electron chi connectivity index (χ1n) is 12.4. The Bertz CT molecular complexity index is 1380. The van der Waals surface area contributed by atoms with Gasteiger partial charge in [-0.3, -0.25) is 14.3 Å². The molecule has 4 aromatic rings. The average Bonchev–Trinajstić information content (AvgIpc) is 3.21. The van der Waals surface area contributed by atoms with Gasteiger partial charge in [-0.1, -0.05) is 55.7 Å². The second-order valence-electron chi connectivity index (χ2n) is 9.14. The Kier molecular flexibility index (Phi) is 6.70. The monoisotopic (exact) mass is 469 g/mol. The van der Waals surface area contributed by atoms with Crippen LogP contribution in [-0.2, 0) is 6.42 Å². The third kappa shape index (κ3) is 4.61. The van der Waals surface area contributed by atoms with Crippen molar-refractivity contribution in [1.82, 2.24) is 14.7 Å². The standard InChI is InChI=1S/C29H31N3O3/c1-35-27-15-9-8-10-21(27)18-19-30-28(33)22-16-17-26-25(20-22)29(34)32(24-13-6-3-7-14-24)31(26)23-11-4-2-5-12-23/h3,6-10,13-17,20,23H,2,4-5,11-12,18-19H2,1H3,(H,30,33). The van der Waals surface area contributed by atoms with Crippen LogP contribution in [0.25, 0.3) is 16.6 Å². The molecule has 1 fully saturated rings. The fraction of sp³-hybridized carbons (Fsp3) is 0.310. The molecule has 0 aliphatic heterocycles. The van der Waals surface area contributed by atoms with Crippen molar-refractivity contribution in [2.24, 2.45) is 0 Å². The molecule has 6 nitrogen and oxygen atoms in total. The number of amides is 1. The van der Waals surface area contributed by atoms with Crippen molar-refractivity contribution < 1.29 is 9.53 Å². The molecular formula is C29H31N3O3. The van der Waals surface area contributed by atoms with Crippen LogP contribution in [0.15, 0.2) is 77.6 Å². The molecule has 35 heavy (non-hydrogen) atoms. The molecule has 1 saturated carbocycles. The van der Waals surface area contributed by atoms with Crippen LogP contribution in [-0.4, -0.2) is 28.9 Å². The number of carbonyl (C=O) groups is 1. The smallest absolute Gasteiger partial charge is 0.279 e. The van der Waals surface area contributed by atoms with Gasteiger partial charge in [-0.2, -0.15) is 0 Å². The van der Waals surface area contributed by atoms with Crippen molar-refractivity contribution in [1.29, 1.82) is 0 Å². The first kappa shape index (κ1) is 23.0. The quantitative estimate of drug-likeness (QED) is 0.401. The van der Waals surface area contributed by atoms with Gasteiger partial charge in [0.15, 0.2) is 0 Å². The van der Waals surface area contributed by atoms with Crippen LogP contribution in [0.2, 0.25) is 0 Å². The summed E-state index contributed by atoms with van der Waals surface area (Å²) in [5.41, 5.74) is 3.19. The van der Waals surface area contributed by atoms with Gasteiger partial charge in [0.2, 0.25) is 0 Å². The first-order chi connectivity index (χ1) is 17.2. The Balaban J connectivity index is 1.45. The van der Waals surface area contributed by atoms with Gasteiger partial charge in [-0.05, 0) is 61.2 Å². The fourth-order valence-electron chi connectivity index (χ4n) is 5.19. The van der Waals surface area contributed by atoms with E-state index in [1.165, 1.54) is 19.3 Å². The largest absolute Gasteiger partial charge is 0.496 e. The van der Waals surface area contributed by atoms with Crippen LogP contribution in [0.5, 0.6) is 5.75 Å². The van der Waals surface area contributed by atoms with Crippen LogP contribution < -0.4 is 15.6 Å².